The Morgan fingerprint density at radius 3 is 2.53 bits per heavy atom. The van der Waals surface area contributed by atoms with Gasteiger partial charge in [0.1, 0.15) is 0 Å². The van der Waals surface area contributed by atoms with Crippen LogP contribution in [0, 0.1) is 5.92 Å². The Labute approximate surface area is 104 Å². The van der Waals surface area contributed by atoms with Crippen LogP contribution in [0.3, 0.4) is 0 Å². The van der Waals surface area contributed by atoms with Gasteiger partial charge < -0.3 is 16.2 Å². The van der Waals surface area contributed by atoms with Gasteiger partial charge in [-0.05, 0) is 44.9 Å². The Balaban J connectivity index is 2.42. The molecule has 1 rings (SSSR count). The molecule has 0 aromatic heterocycles. The molecule has 1 unspecified atom stereocenters. The van der Waals surface area contributed by atoms with Gasteiger partial charge in [-0.3, -0.25) is 4.79 Å². The highest BCUT2D eigenvalue weighted by molar-refractivity contribution is 5.85. The molecule has 0 aliphatic heterocycles. The fourth-order valence-corrected chi connectivity index (χ4v) is 2.08. The fourth-order valence-electron chi connectivity index (χ4n) is 2.08. The van der Waals surface area contributed by atoms with E-state index in [1.54, 1.807) is 6.92 Å². The van der Waals surface area contributed by atoms with E-state index in [0.29, 0.717) is 18.9 Å². The molecule has 0 aromatic rings. The lowest BCUT2D eigenvalue weighted by Gasteiger charge is -2.35. The molecule has 1 aliphatic carbocycles. The van der Waals surface area contributed by atoms with Gasteiger partial charge in [-0.25, -0.2) is 0 Å². The van der Waals surface area contributed by atoms with Crippen LogP contribution in [0.1, 0.15) is 52.9 Å². The first-order valence-electron chi connectivity index (χ1n) is 6.59. The van der Waals surface area contributed by atoms with Crippen molar-refractivity contribution in [1.29, 1.82) is 0 Å². The van der Waals surface area contributed by atoms with Crippen molar-refractivity contribution >= 4 is 5.91 Å². The summed E-state index contributed by atoms with van der Waals surface area (Å²) in [5.41, 5.74) is 4.28. The average molecular weight is 242 g/mol. The molecule has 4 N–H and O–H groups in total. The van der Waals surface area contributed by atoms with E-state index in [4.69, 9.17) is 5.73 Å². The molecule has 100 valence electrons. The summed E-state index contributed by atoms with van der Waals surface area (Å²) < 4.78 is 0. The molecule has 0 saturated heterocycles. The van der Waals surface area contributed by atoms with E-state index < -0.39 is 11.1 Å². The van der Waals surface area contributed by atoms with Crippen LogP contribution in [0.2, 0.25) is 0 Å². The Morgan fingerprint density at radius 1 is 1.53 bits per heavy atom. The molecule has 1 atom stereocenters. The Morgan fingerprint density at radius 2 is 2.06 bits per heavy atom. The van der Waals surface area contributed by atoms with E-state index in [0.717, 1.165) is 25.7 Å². The quantitative estimate of drug-likeness (QED) is 0.692. The third kappa shape index (κ3) is 3.96. The van der Waals surface area contributed by atoms with Gasteiger partial charge in [0.05, 0.1) is 11.1 Å². The zero-order valence-corrected chi connectivity index (χ0v) is 11.3. The highest BCUT2D eigenvalue weighted by Gasteiger charge is 2.34. The van der Waals surface area contributed by atoms with Gasteiger partial charge >= 0.3 is 0 Å². The molecule has 0 radical (unpaired) electrons. The summed E-state index contributed by atoms with van der Waals surface area (Å²) in [5.74, 6) is 0.508. The van der Waals surface area contributed by atoms with Gasteiger partial charge in [0, 0.05) is 6.54 Å². The molecule has 1 saturated carbocycles. The number of amides is 1. The summed E-state index contributed by atoms with van der Waals surface area (Å²) in [6, 6.07) is 0. The maximum atomic E-state index is 11.8. The van der Waals surface area contributed by atoms with Gasteiger partial charge in [-0.1, -0.05) is 13.8 Å². The summed E-state index contributed by atoms with van der Waals surface area (Å²) in [6.45, 7) is 6.13. The third-order valence-corrected chi connectivity index (χ3v) is 4.04. The number of nitrogens with one attached hydrogen (secondary N) is 1. The number of hydrogen-bond donors (Lipinski definition) is 3. The molecule has 1 fully saturated rings. The molecular weight excluding hydrogens is 216 g/mol. The lowest BCUT2D eigenvalue weighted by Crippen LogP contribution is -2.55. The van der Waals surface area contributed by atoms with Crippen LogP contribution in [-0.2, 0) is 4.79 Å². The zero-order chi connectivity index (χ0) is 13.1. The van der Waals surface area contributed by atoms with Gasteiger partial charge in [-0.2, -0.15) is 0 Å². The average Bonchev–Trinajstić information content (AvgIpc) is 2.30. The van der Waals surface area contributed by atoms with Crippen LogP contribution in [0.5, 0.6) is 0 Å². The van der Waals surface area contributed by atoms with Crippen molar-refractivity contribution in [1.82, 2.24) is 5.32 Å². The first kappa shape index (κ1) is 14.5. The number of carbonyl (C=O) groups excluding carboxylic acids is 1. The van der Waals surface area contributed by atoms with Crippen molar-refractivity contribution in [2.45, 2.75) is 64.0 Å². The van der Waals surface area contributed by atoms with E-state index in [2.05, 4.69) is 12.2 Å². The van der Waals surface area contributed by atoms with E-state index in [1.807, 2.05) is 6.92 Å². The van der Waals surface area contributed by atoms with Crippen LogP contribution < -0.4 is 11.1 Å². The van der Waals surface area contributed by atoms with Crippen molar-refractivity contribution < 1.29 is 9.90 Å². The zero-order valence-electron chi connectivity index (χ0n) is 11.3. The maximum absolute atomic E-state index is 11.8. The van der Waals surface area contributed by atoms with E-state index in [-0.39, 0.29) is 5.91 Å². The van der Waals surface area contributed by atoms with Crippen LogP contribution in [0.15, 0.2) is 0 Å². The lowest BCUT2D eigenvalue weighted by molar-refractivity contribution is -0.127. The normalized spacial score (nSPS) is 32.9. The second-order valence-corrected chi connectivity index (χ2v) is 5.86. The van der Waals surface area contributed by atoms with E-state index >= 15 is 0 Å². The first-order valence-corrected chi connectivity index (χ1v) is 6.59. The summed E-state index contributed by atoms with van der Waals surface area (Å²) >= 11 is 0. The van der Waals surface area contributed by atoms with Crippen molar-refractivity contribution in [2.24, 2.45) is 11.7 Å². The highest BCUT2D eigenvalue weighted by atomic mass is 16.3. The predicted molar refractivity (Wildman–Crippen MR) is 68.5 cm³/mol. The van der Waals surface area contributed by atoms with Crippen molar-refractivity contribution in [3.8, 4) is 0 Å². The summed E-state index contributed by atoms with van der Waals surface area (Å²) in [5, 5.41) is 13.1. The monoisotopic (exact) mass is 242 g/mol. The number of aliphatic hydroxyl groups is 1. The van der Waals surface area contributed by atoms with Gasteiger partial charge in [-0.15, -0.1) is 0 Å². The van der Waals surface area contributed by atoms with E-state index in [1.165, 1.54) is 0 Å². The SMILES string of the molecule is CCC(C)(N)C(=O)NCC1(O)CCC(C)CC1. The van der Waals surface area contributed by atoms with Crippen LogP contribution in [-0.4, -0.2) is 28.7 Å². The Bertz CT molecular complexity index is 269. The Kier molecular flexibility index (Phi) is 4.55. The second-order valence-electron chi connectivity index (χ2n) is 5.86. The smallest absolute Gasteiger partial charge is 0.239 e. The molecular formula is C13H26N2O2. The van der Waals surface area contributed by atoms with Crippen molar-refractivity contribution in [3.63, 3.8) is 0 Å². The molecule has 1 amide bonds. The van der Waals surface area contributed by atoms with E-state index in [9.17, 15) is 9.90 Å². The standard InChI is InChI=1S/C13H26N2O2/c1-4-12(3,14)11(16)15-9-13(17)7-5-10(2)6-8-13/h10,17H,4-9,14H2,1-3H3,(H,15,16). The van der Waals surface area contributed by atoms with Crippen molar-refractivity contribution in [2.75, 3.05) is 6.54 Å². The van der Waals surface area contributed by atoms with Crippen molar-refractivity contribution in [3.05, 3.63) is 0 Å². The minimum atomic E-state index is -0.835. The maximum Gasteiger partial charge on any atom is 0.239 e. The summed E-state index contributed by atoms with van der Waals surface area (Å²) in [7, 11) is 0. The molecule has 0 aromatic carbocycles. The molecule has 0 spiro atoms. The van der Waals surface area contributed by atoms with Gasteiger partial charge in [0.25, 0.3) is 0 Å². The van der Waals surface area contributed by atoms with Crippen LogP contribution in [0.25, 0.3) is 0 Å². The summed E-state index contributed by atoms with van der Waals surface area (Å²) in [6.07, 6.45) is 4.18. The first-order chi connectivity index (χ1) is 7.79. The number of nitrogens with two attached hydrogens (primary N) is 1. The predicted octanol–water partition coefficient (Wildman–Crippen LogP) is 1.17. The minimum Gasteiger partial charge on any atom is -0.388 e. The molecule has 0 heterocycles. The second kappa shape index (κ2) is 5.36. The topological polar surface area (TPSA) is 75.4 Å². The largest absolute Gasteiger partial charge is 0.388 e. The molecule has 4 nitrogen and oxygen atoms in total. The number of carbonyl (C=O) groups is 1. The van der Waals surface area contributed by atoms with Gasteiger partial charge in [0.2, 0.25) is 5.91 Å². The summed E-state index contributed by atoms with van der Waals surface area (Å²) in [4.78, 5) is 11.8. The third-order valence-electron chi connectivity index (χ3n) is 4.04. The molecule has 0 bridgehead atoms. The molecule has 17 heavy (non-hydrogen) atoms. The van der Waals surface area contributed by atoms with Crippen LogP contribution >= 0.6 is 0 Å². The minimum absolute atomic E-state index is 0.174. The highest BCUT2D eigenvalue weighted by Crippen LogP contribution is 2.31. The molecule has 4 heteroatoms. The molecule has 1 aliphatic rings. The number of rotatable bonds is 4. The van der Waals surface area contributed by atoms with Crippen LogP contribution in [0.4, 0.5) is 0 Å². The van der Waals surface area contributed by atoms with Gasteiger partial charge in [0.15, 0.2) is 0 Å². The number of hydrogen-bond acceptors (Lipinski definition) is 3. The fraction of sp³-hybridized carbons (Fsp3) is 0.923. The lowest BCUT2D eigenvalue weighted by atomic mass is 9.79. The Hall–Kier alpha value is -0.610.